The molecule has 3 aromatic heterocycles. The Labute approximate surface area is 310 Å². The van der Waals surface area contributed by atoms with Crippen LogP contribution in [0.1, 0.15) is 45.1 Å². The molecule has 0 N–H and O–H groups in total. The number of hydrogen-bond acceptors (Lipinski definition) is 0. The van der Waals surface area contributed by atoms with Gasteiger partial charge in [0.1, 0.15) is 0 Å². The molecule has 3 heterocycles. The molecule has 0 bridgehead atoms. The van der Waals surface area contributed by atoms with E-state index in [2.05, 4.69) is 185 Å². The summed E-state index contributed by atoms with van der Waals surface area (Å²) in [5, 5.41) is 7.60. The maximum absolute atomic E-state index is 2.47. The average molecular weight is 686 g/mol. The molecule has 0 aliphatic heterocycles. The van der Waals surface area contributed by atoms with Gasteiger partial charge in [0.2, 0.25) is 0 Å². The lowest BCUT2D eigenvalue weighted by atomic mass is 9.92. The lowest BCUT2D eigenvalue weighted by Gasteiger charge is -2.15. The Balaban J connectivity index is 1.20. The average Bonchev–Trinajstić information content (AvgIpc) is 3.85. The Morgan fingerprint density at radius 3 is 1.19 bits per heavy atom. The molecule has 53 heavy (non-hydrogen) atoms. The van der Waals surface area contributed by atoms with Crippen LogP contribution in [0.5, 0.6) is 0 Å². The van der Waals surface area contributed by atoms with Crippen molar-refractivity contribution in [3.05, 3.63) is 163 Å². The van der Waals surface area contributed by atoms with Gasteiger partial charge in [-0.15, -0.1) is 0 Å². The van der Waals surface area contributed by atoms with E-state index in [0.29, 0.717) is 0 Å². The predicted octanol–water partition coefficient (Wildman–Crippen LogP) is 13.7. The maximum atomic E-state index is 2.47. The summed E-state index contributed by atoms with van der Waals surface area (Å²) in [5.41, 5.74) is 12.3. The highest BCUT2D eigenvalue weighted by atomic mass is 15.0. The summed E-state index contributed by atoms with van der Waals surface area (Å²) in [5.74, 6) is 0.743. The molecule has 0 aliphatic rings. The van der Waals surface area contributed by atoms with Gasteiger partial charge in [-0.1, -0.05) is 124 Å². The van der Waals surface area contributed by atoms with Crippen molar-refractivity contribution in [2.75, 3.05) is 0 Å². The molecule has 3 nitrogen and oxygen atoms in total. The molecule has 0 saturated heterocycles. The fourth-order valence-corrected chi connectivity index (χ4v) is 9.01. The van der Waals surface area contributed by atoms with Crippen LogP contribution in [0.3, 0.4) is 0 Å². The summed E-state index contributed by atoms with van der Waals surface area (Å²) in [7, 11) is 0. The summed E-state index contributed by atoms with van der Waals surface area (Å²) in [6.07, 6.45) is 6.26. The summed E-state index contributed by atoms with van der Waals surface area (Å²) in [6.45, 7) is 4.64. The Hall–Kier alpha value is -6.06. The van der Waals surface area contributed by atoms with Gasteiger partial charge in [0.15, 0.2) is 0 Å². The third-order valence-electron chi connectivity index (χ3n) is 11.7. The molecule has 0 spiro atoms. The van der Waals surface area contributed by atoms with Crippen LogP contribution in [0, 0.1) is 5.92 Å². The van der Waals surface area contributed by atoms with Gasteiger partial charge in [0, 0.05) is 49.4 Å². The monoisotopic (exact) mass is 685 g/mol. The molecule has 0 aliphatic carbocycles. The van der Waals surface area contributed by atoms with Crippen LogP contribution in [0.25, 0.3) is 82.5 Å². The SMILES string of the molecule is CCCCC(CC)Cc1ccc(-n2c3ccc(-n4c5ccccc5c5ccccc54)cc3c3cc(-n4c5ccccc5c5ccccc54)ccc32)cc1. The standard InChI is InChI=1S/C50H43N3/c1-3-5-14-34(4-2)31-35-23-25-36(26-24-35)51-49-29-27-37(52-45-19-10-6-15-39(45)40-16-7-11-20-46(40)52)32-43(49)44-33-38(28-30-50(44)51)53-47-21-12-8-17-41(47)42-18-9-13-22-48(42)53/h6-13,15-30,32-34H,3-5,14,31H2,1-2H3. The highest BCUT2D eigenvalue weighted by Gasteiger charge is 2.19. The van der Waals surface area contributed by atoms with Crippen LogP contribution in [-0.4, -0.2) is 13.7 Å². The van der Waals surface area contributed by atoms with Crippen LogP contribution < -0.4 is 0 Å². The second-order valence-corrected chi connectivity index (χ2v) is 14.8. The zero-order valence-electron chi connectivity index (χ0n) is 30.5. The molecule has 3 heteroatoms. The van der Waals surface area contributed by atoms with Gasteiger partial charge in [0.25, 0.3) is 0 Å². The van der Waals surface area contributed by atoms with Crippen molar-refractivity contribution in [2.24, 2.45) is 5.92 Å². The first-order chi connectivity index (χ1) is 26.2. The zero-order valence-corrected chi connectivity index (χ0v) is 30.5. The van der Waals surface area contributed by atoms with Crippen molar-refractivity contribution >= 4 is 65.4 Å². The van der Waals surface area contributed by atoms with E-state index in [1.165, 1.54) is 114 Å². The van der Waals surface area contributed by atoms with Crippen molar-refractivity contribution < 1.29 is 0 Å². The van der Waals surface area contributed by atoms with Crippen molar-refractivity contribution in [3.8, 4) is 17.1 Å². The van der Waals surface area contributed by atoms with Crippen molar-refractivity contribution in [1.82, 2.24) is 13.7 Å². The summed E-state index contributed by atoms with van der Waals surface area (Å²) in [6, 6.07) is 58.6. The summed E-state index contributed by atoms with van der Waals surface area (Å²) >= 11 is 0. The highest BCUT2D eigenvalue weighted by Crippen LogP contribution is 2.39. The Morgan fingerprint density at radius 1 is 0.396 bits per heavy atom. The minimum absolute atomic E-state index is 0.743. The fourth-order valence-electron chi connectivity index (χ4n) is 9.01. The largest absolute Gasteiger partial charge is 0.309 e. The van der Waals surface area contributed by atoms with Crippen LogP contribution >= 0.6 is 0 Å². The quantitative estimate of drug-likeness (QED) is 0.144. The minimum Gasteiger partial charge on any atom is -0.309 e. The van der Waals surface area contributed by atoms with Crippen LogP contribution in [0.2, 0.25) is 0 Å². The first kappa shape index (κ1) is 31.7. The third kappa shape index (κ3) is 5.10. The molecule has 10 rings (SSSR count). The molecule has 258 valence electrons. The molecule has 0 radical (unpaired) electrons. The Kier molecular flexibility index (Phi) is 7.68. The topological polar surface area (TPSA) is 14.8 Å². The molecule has 7 aromatic carbocycles. The Bertz CT molecular complexity index is 2670. The van der Waals surface area contributed by atoms with Crippen LogP contribution in [-0.2, 0) is 6.42 Å². The predicted molar refractivity (Wildman–Crippen MR) is 226 cm³/mol. The Morgan fingerprint density at radius 2 is 0.774 bits per heavy atom. The molecule has 1 unspecified atom stereocenters. The molecular formula is C50H43N3. The third-order valence-corrected chi connectivity index (χ3v) is 11.7. The molecule has 0 fully saturated rings. The molecular weight excluding hydrogens is 643 g/mol. The minimum atomic E-state index is 0.743. The van der Waals surface area contributed by atoms with E-state index in [1.54, 1.807) is 0 Å². The van der Waals surface area contributed by atoms with E-state index in [0.717, 1.165) is 12.3 Å². The number of aromatic nitrogens is 3. The van der Waals surface area contributed by atoms with E-state index in [1.807, 2.05) is 0 Å². The lowest BCUT2D eigenvalue weighted by molar-refractivity contribution is 0.449. The smallest absolute Gasteiger partial charge is 0.0542 e. The van der Waals surface area contributed by atoms with Crippen molar-refractivity contribution in [1.29, 1.82) is 0 Å². The molecule has 0 saturated carbocycles. The molecule has 10 aromatic rings. The van der Waals surface area contributed by atoms with Crippen molar-refractivity contribution in [2.45, 2.75) is 46.0 Å². The van der Waals surface area contributed by atoms with E-state index in [9.17, 15) is 0 Å². The first-order valence-corrected chi connectivity index (χ1v) is 19.4. The number of para-hydroxylation sites is 4. The van der Waals surface area contributed by atoms with Gasteiger partial charge in [-0.05, 0) is 90.7 Å². The van der Waals surface area contributed by atoms with Gasteiger partial charge in [-0.25, -0.2) is 0 Å². The number of rotatable bonds is 9. The number of nitrogens with zero attached hydrogens (tertiary/aromatic N) is 3. The fraction of sp³-hybridized carbons (Fsp3) is 0.160. The van der Waals surface area contributed by atoms with E-state index in [4.69, 9.17) is 0 Å². The van der Waals surface area contributed by atoms with Crippen molar-refractivity contribution in [3.63, 3.8) is 0 Å². The number of benzene rings is 7. The van der Waals surface area contributed by atoms with E-state index >= 15 is 0 Å². The van der Waals surface area contributed by atoms with Crippen LogP contribution in [0.15, 0.2) is 158 Å². The van der Waals surface area contributed by atoms with E-state index in [-0.39, 0.29) is 0 Å². The van der Waals surface area contributed by atoms with Gasteiger partial charge in [-0.3, -0.25) is 0 Å². The molecule has 0 amide bonds. The van der Waals surface area contributed by atoms with Gasteiger partial charge < -0.3 is 13.7 Å². The summed E-state index contributed by atoms with van der Waals surface area (Å²) < 4.78 is 7.33. The number of hydrogen-bond donors (Lipinski definition) is 0. The second-order valence-electron chi connectivity index (χ2n) is 14.8. The second kappa shape index (κ2) is 12.9. The summed E-state index contributed by atoms with van der Waals surface area (Å²) in [4.78, 5) is 0. The van der Waals surface area contributed by atoms with Gasteiger partial charge >= 0.3 is 0 Å². The van der Waals surface area contributed by atoms with Crippen LogP contribution in [0.4, 0.5) is 0 Å². The molecule has 1 atom stereocenters. The maximum Gasteiger partial charge on any atom is 0.0542 e. The lowest BCUT2D eigenvalue weighted by Crippen LogP contribution is -2.03. The van der Waals surface area contributed by atoms with Gasteiger partial charge in [-0.2, -0.15) is 0 Å². The first-order valence-electron chi connectivity index (χ1n) is 19.4. The number of unbranched alkanes of at least 4 members (excludes halogenated alkanes) is 1. The highest BCUT2D eigenvalue weighted by molar-refractivity contribution is 6.14. The zero-order chi connectivity index (χ0) is 35.5. The normalized spacial score (nSPS) is 12.6. The number of fused-ring (bicyclic) bond motifs is 9. The van der Waals surface area contributed by atoms with Gasteiger partial charge in [0.05, 0.1) is 33.1 Å². The van der Waals surface area contributed by atoms with E-state index < -0.39 is 0 Å².